The third-order valence-corrected chi connectivity index (χ3v) is 7.39. The molecule has 1 heterocycles. The molecule has 33 heavy (non-hydrogen) atoms. The number of aryl methyl sites for hydroxylation is 1. The molecule has 0 saturated heterocycles. The van der Waals surface area contributed by atoms with E-state index in [0.29, 0.717) is 36.7 Å². The van der Waals surface area contributed by atoms with Gasteiger partial charge >= 0.3 is 0 Å². The van der Waals surface area contributed by atoms with Crippen LogP contribution >= 0.6 is 0 Å². The number of ether oxygens (including phenoxy) is 1. The van der Waals surface area contributed by atoms with Crippen molar-refractivity contribution in [1.82, 2.24) is 14.1 Å². The molecule has 1 aromatic heterocycles. The summed E-state index contributed by atoms with van der Waals surface area (Å²) in [4.78, 5) is 13.2. The lowest BCUT2D eigenvalue weighted by molar-refractivity contribution is 0.102. The van der Waals surface area contributed by atoms with Crippen molar-refractivity contribution >= 4 is 21.6 Å². The van der Waals surface area contributed by atoms with Gasteiger partial charge in [0.15, 0.2) is 0 Å². The van der Waals surface area contributed by atoms with E-state index in [-0.39, 0.29) is 10.6 Å². The zero-order valence-electron chi connectivity index (χ0n) is 19.6. The molecule has 0 fully saturated rings. The zero-order chi connectivity index (χ0) is 24.2. The van der Waals surface area contributed by atoms with E-state index < -0.39 is 15.9 Å². The molecule has 3 aromatic rings. The first-order valence-electron chi connectivity index (χ1n) is 10.9. The summed E-state index contributed by atoms with van der Waals surface area (Å²) in [6, 6.07) is 12.3. The molecule has 0 saturated carbocycles. The largest absolute Gasteiger partial charge is 0.492 e. The minimum atomic E-state index is -3.69. The molecule has 0 atom stereocenters. The average Bonchev–Trinajstić information content (AvgIpc) is 3.17. The van der Waals surface area contributed by atoms with Crippen LogP contribution in [0.3, 0.4) is 0 Å². The quantitative estimate of drug-likeness (QED) is 0.507. The maximum atomic E-state index is 13.1. The van der Waals surface area contributed by atoms with Gasteiger partial charge in [0.1, 0.15) is 5.75 Å². The normalized spacial score (nSPS) is 11.6. The molecule has 176 valence electrons. The summed E-state index contributed by atoms with van der Waals surface area (Å²) in [5, 5.41) is 7.19. The van der Waals surface area contributed by atoms with Gasteiger partial charge in [-0.25, -0.2) is 13.1 Å². The molecule has 0 unspecified atom stereocenters. The predicted octanol–water partition coefficient (Wildman–Crippen LogP) is 4.17. The van der Waals surface area contributed by atoms with E-state index in [2.05, 4.69) is 10.4 Å². The fraction of sp³-hybridized carbons (Fsp3) is 0.333. The van der Waals surface area contributed by atoms with Crippen LogP contribution in [0.15, 0.2) is 53.6 Å². The van der Waals surface area contributed by atoms with Gasteiger partial charge in [-0.05, 0) is 56.7 Å². The van der Waals surface area contributed by atoms with E-state index in [1.54, 1.807) is 24.6 Å². The number of anilines is 1. The summed E-state index contributed by atoms with van der Waals surface area (Å²) in [6.07, 6.45) is 1.50. The first-order chi connectivity index (χ1) is 15.7. The van der Waals surface area contributed by atoms with Crippen molar-refractivity contribution in [2.45, 2.75) is 39.5 Å². The lowest BCUT2D eigenvalue weighted by atomic mass is 10.2. The van der Waals surface area contributed by atoms with E-state index in [1.807, 2.05) is 45.0 Å². The molecule has 0 bridgehead atoms. The Morgan fingerprint density at radius 3 is 2.45 bits per heavy atom. The highest BCUT2D eigenvalue weighted by atomic mass is 32.2. The Hall–Kier alpha value is -3.17. The number of sulfonamides is 1. The number of benzene rings is 2. The van der Waals surface area contributed by atoms with Crippen molar-refractivity contribution in [3.63, 3.8) is 0 Å². The van der Waals surface area contributed by atoms with Crippen molar-refractivity contribution in [1.29, 1.82) is 0 Å². The SMILES string of the molecule is CCOc1ccc(S(=O)(=O)N(CC)CC)cc1NC(=O)c1cnn(-c2cccc(C)c2)c1C. The first-order valence-corrected chi connectivity index (χ1v) is 12.4. The minimum absolute atomic E-state index is 0.0946. The lowest BCUT2D eigenvalue weighted by Crippen LogP contribution is -2.30. The highest BCUT2D eigenvalue weighted by Crippen LogP contribution is 2.30. The maximum Gasteiger partial charge on any atom is 0.259 e. The van der Waals surface area contributed by atoms with Crippen LogP contribution in [0, 0.1) is 13.8 Å². The smallest absolute Gasteiger partial charge is 0.259 e. The number of amides is 1. The van der Waals surface area contributed by atoms with Gasteiger partial charge in [0.25, 0.3) is 5.91 Å². The van der Waals surface area contributed by atoms with Gasteiger partial charge in [0.2, 0.25) is 10.0 Å². The van der Waals surface area contributed by atoms with Crippen LogP contribution < -0.4 is 10.1 Å². The van der Waals surface area contributed by atoms with Crippen LogP contribution in [0.1, 0.15) is 42.4 Å². The van der Waals surface area contributed by atoms with Gasteiger partial charge in [-0.3, -0.25) is 4.79 Å². The molecule has 2 aromatic carbocycles. The van der Waals surface area contributed by atoms with Crippen molar-refractivity contribution in [3.8, 4) is 11.4 Å². The average molecular weight is 471 g/mol. The Kier molecular flexibility index (Phi) is 7.55. The van der Waals surface area contributed by atoms with Crippen molar-refractivity contribution in [2.24, 2.45) is 0 Å². The van der Waals surface area contributed by atoms with Crippen LogP contribution in [0.25, 0.3) is 5.69 Å². The number of hydrogen-bond donors (Lipinski definition) is 1. The molecule has 1 N–H and O–H groups in total. The molecule has 0 aliphatic heterocycles. The van der Waals surface area contributed by atoms with Gasteiger partial charge in [-0.15, -0.1) is 0 Å². The van der Waals surface area contributed by atoms with E-state index >= 15 is 0 Å². The van der Waals surface area contributed by atoms with E-state index in [9.17, 15) is 13.2 Å². The first kappa shape index (κ1) is 24.5. The Balaban J connectivity index is 1.96. The fourth-order valence-electron chi connectivity index (χ4n) is 3.60. The monoisotopic (exact) mass is 470 g/mol. The Morgan fingerprint density at radius 1 is 1.09 bits per heavy atom. The summed E-state index contributed by atoms with van der Waals surface area (Å²) in [7, 11) is -3.69. The minimum Gasteiger partial charge on any atom is -0.492 e. The number of carbonyl (C=O) groups excluding carboxylic acids is 1. The van der Waals surface area contributed by atoms with Crippen LogP contribution in [0.2, 0.25) is 0 Å². The van der Waals surface area contributed by atoms with Gasteiger partial charge in [-0.2, -0.15) is 9.40 Å². The van der Waals surface area contributed by atoms with E-state index in [4.69, 9.17) is 4.74 Å². The molecular weight excluding hydrogens is 440 g/mol. The number of carbonyl (C=O) groups is 1. The Morgan fingerprint density at radius 2 is 1.82 bits per heavy atom. The third kappa shape index (κ3) is 5.09. The number of rotatable bonds is 9. The van der Waals surface area contributed by atoms with Crippen LogP contribution in [0.4, 0.5) is 5.69 Å². The number of hydrogen-bond acceptors (Lipinski definition) is 5. The third-order valence-electron chi connectivity index (χ3n) is 5.34. The molecule has 0 aliphatic carbocycles. The summed E-state index contributed by atoms with van der Waals surface area (Å²) in [5.74, 6) is -0.00202. The van der Waals surface area contributed by atoms with Gasteiger partial charge in [-0.1, -0.05) is 26.0 Å². The van der Waals surface area contributed by atoms with Crippen LogP contribution in [-0.4, -0.2) is 48.1 Å². The van der Waals surface area contributed by atoms with Gasteiger partial charge in [0.05, 0.1) is 40.3 Å². The molecule has 0 aliphatic rings. The summed E-state index contributed by atoms with van der Waals surface area (Å²) >= 11 is 0. The molecule has 0 radical (unpaired) electrons. The second-order valence-electron chi connectivity index (χ2n) is 7.53. The predicted molar refractivity (Wildman–Crippen MR) is 129 cm³/mol. The molecule has 1 amide bonds. The number of nitrogens with zero attached hydrogens (tertiary/aromatic N) is 3. The fourth-order valence-corrected chi connectivity index (χ4v) is 5.09. The van der Waals surface area contributed by atoms with Crippen LogP contribution in [-0.2, 0) is 10.0 Å². The molecule has 8 nitrogen and oxygen atoms in total. The number of aromatic nitrogens is 2. The van der Waals surface area contributed by atoms with Crippen molar-refractivity contribution in [2.75, 3.05) is 25.0 Å². The molecule has 3 rings (SSSR count). The van der Waals surface area contributed by atoms with Crippen molar-refractivity contribution in [3.05, 3.63) is 65.5 Å². The summed E-state index contributed by atoms with van der Waals surface area (Å²) in [6.45, 7) is 10.3. The van der Waals surface area contributed by atoms with Gasteiger partial charge < -0.3 is 10.1 Å². The topological polar surface area (TPSA) is 93.5 Å². The summed E-state index contributed by atoms with van der Waals surface area (Å²) in [5.41, 5.74) is 3.28. The van der Waals surface area contributed by atoms with E-state index in [1.165, 1.54) is 22.6 Å². The van der Waals surface area contributed by atoms with Crippen LogP contribution in [0.5, 0.6) is 5.75 Å². The second kappa shape index (κ2) is 10.2. The summed E-state index contributed by atoms with van der Waals surface area (Å²) < 4.78 is 34.6. The maximum absolute atomic E-state index is 13.1. The van der Waals surface area contributed by atoms with Gasteiger partial charge in [0, 0.05) is 13.1 Å². The Bertz CT molecular complexity index is 1250. The zero-order valence-corrected chi connectivity index (χ0v) is 20.4. The lowest BCUT2D eigenvalue weighted by Gasteiger charge is -2.20. The standard InChI is InChI=1S/C24H30N4O4S/c1-6-27(7-2)33(30,31)20-12-13-23(32-8-3)22(15-20)26-24(29)21-16-25-28(18(21)5)19-11-9-10-17(4)14-19/h9-16H,6-8H2,1-5H3,(H,26,29). The number of nitrogens with one attached hydrogen (secondary N) is 1. The molecule has 9 heteroatoms. The highest BCUT2D eigenvalue weighted by molar-refractivity contribution is 7.89. The van der Waals surface area contributed by atoms with E-state index in [0.717, 1.165) is 11.3 Å². The van der Waals surface area contributed by atoms with Crippen molar-refractivity contribution < 1.29 is 17.9 Å². The second-order valence-corrected chi connectivity index (χ2v) is 9.47. The molecular formula is C24H30N4O4S. The Labute approximate surface area is 195 Å². The highest BCUT2D eigenvalue weighted by Gasteiger charge is 2.24. The molecule has 0 spiro atoms.